The monoisotopic (exact) mass is 277 g/mol. The summed E-state index contributed by atoms with van der Waals surface area (Å²) in [5.41, 5.74) is -0.783. The standard InChI is InChI=1S/C12H11ClF3NO/c13-10-3-1-2-7-8(10)5-18-11(12(14,15)16)6-17-4-9(7)11/h1-3,9,17H,4-6H2/t9-,11-/m1/s1. The Labute approximate surface area is 107 Å². The van der Waals surface area contributed by atoms with E-state index in [1.165, 1.54) is 0 Å². The molecule has 6 heteroatoms. The van der Waals surface area contributed by atoms with Crippen LogP contribution in [0.5, 0.6) is 0 Å². The van der Waals surface area contributed by atoms with E-state index in [-0.39, 0.29) is 19.7 Å². The number of alkyl halides is 3. The maximum absolute atomic E-state index is 13.3. The lowest BCUT2D eigenvalue weighted by atomic mass is 9.80. The first-order chi connectivity index (χ1) is 8.46. The van der Waals surface area contributed by atoms with Gasteiger partial charge in [-0.3, -0.25) is 0 Å². The van der Waals surface area contributed by atoms with Crippen molar-refractivity contribution in [3.63, 3.8) is 0 Å². The molecule has 98 valence electrons. The largest absolute Gasteiger partial charge is 0.419 e. The second-order valence-corrected chi connectivity index (χ2v) is 5.07. The average Bonchev–Trinajstić information content (AvgIpc) is 2.74. The van der Waals surface area contributed by atoms with Gasteiger partial charge < -0.3 is 10.1 Å². The molecular weight excluding hydrogens is 267 g/mol. The maximum Gasteiger partial charge on any atom is 0.419 e. The lowest BCUT2D eigenvalue weighted by Crippen LogP contribution is -2.54. The zero-order valence-corrected chi connectivity index (χ0v) is 10.1. The van der Waals surface area contributed by atoms with Crippen LogP contribution in [0.4, 0.5) is 13.2 Å². The van der Waals surface area contributed by atoms with E-state index in [0.29, 0.717) is 16.1 Å². The highest BCUT2D eigenvalue weighted by Crippen LogP contribution is 2.51. The molecule has 2 atom stereocenters. The fourth-order valence-electron chi connectivity index (χ4n) is 2.84. The van der Waals surface area contributed by atoms with Crippen LogP contribution in [0.3, 0.4) is 0 Å². The predicted molar refractivity (Wildman–Crippen MR) is 60.6 cm³/mol. The molecule has 0 aromatic heterocycles. The summed E-state index contributed by atoms with van der Waals surface area (Å²) in [5, 5.41) is 3.25. The number of nitrogens with one attached hydrogen (secondary N) is 1. The van der Waals surface area contributed by atoms with Crippen molar-refractivity contribution in [2.75, 3.05) is 13.1 Å². The molecule has 2 heterocycles. The van der Waals surface area contributed by atoms with E-state index < -0.39 is 17.7 Å². The lowest BCUT2D eigenvalue weighted by molar-refractivity contribution is -0.283. The van der Waals surface area contributed by atoms with Crippen LogP contribution in [0.1, 0.15) is 17.0 Å². The molecule has 1 saturated heterocycles. The van der Waals surface area contributed by atoms with Crippen molar-refractivity contribution < 1.29 is 17.9 Å². The van der Waals surface area contributed by atoms with Gasteiger partial charge in [0.2, 0.25) is 0 Å². The summed E-state index contributed by atoms with van der Waals surface area (Å²) in [6, 6.07) is 5.07. The van der Waals surface area contributed by atoms with Gasteiger partial charge in [0.05, 0.1) is 6.61 Å². The second kappa shape index (κ2) is 3.85. The van der Waals surface area contributed by atoms with Gasteiger partial charge in [-0.05, 0) is 17.2 Å². The summed E-state index contributed by atoms with van der Waals surface area (Å²) < 4.78 is 45.0. The lowest BCUT2D eigenvalue weighted by Gasteiger charge is -2.41. The van der Waals surface area contributed by atoms with E-state index >= 15 is 0 Å². The van der Waals surface area contributed by atoms with Crippen LogP contribution in [0.2, 0.25) is 5.02 Å². The fraction of sp³-hybridized carbons (Fsp3) is 0.500. The van der Waals surface area contributed by atoms with E-state index in [4.69, 9.17) is 16.3 Å². The Morgan fingerprint density at radius 2 is 2.17 bits per heavy atom. The minimum Gasteiger partial charge on any atom is -0.359 e. The first-order valence-corrected chi connectivity index (χ1v) is 6.02. The van der Waals surface area contributed by atoms with E-state index in [2.05, 4.69) is 5.32 Å². The van der Waals surface area contributed by atoms with Crippen LogP contribution in [-0.4, -0.2) is 24.9 Å². The van der Waals surface area contributed by atoms with Crippen molar-refractivity contribution >= 4 is 11.6 Å². The molecule has 0 saturated carbocycles. The van der Waals surface area contributed by atoms with Gasteiger partial charge in [-0.1, -0.05) is 23.7 Å². The number of hydrogen-bond acceptors (Lipinski definition) is 2. The van der Waals surface area contributed by atoms with Gasteiger partial charge in [0.15, 0.2) is 5.60 Å². The highest BCUT2D eigenvalue weighted by molar-refractivity contribution is 6.31. The van der Waals surface area contributed by atoms with Crippen molar-refractivity contribution in [3.8, 4) is 0 Å². The predicted octanol–water partition coefficient (Wildman–Crippen LogP) is 2.86. The molecule has 1 aromatic carbocycles. The molecule has 2 aliphatic heterocycles. The second-order valence-electron chi connectivity index (χ2n) is 4.67. The van der Waals surface area contributed by atoms with Crippen LogP contribution < -0.4 is 5.32 Å². The molecule has 0 unspecified atom stereocenters. The smallest absolute Gasteiger partial charge is 0.359 e. The highest BCUT2D eigenvalue weighted by atomic mass is 35.5. The number of halogens is 4. The summed E-state index contributed by atoms with van der Waals surface area (Å²) in [4.78, 5) is 0. The van der Waals surface area contributed by atoms with Gasteiger partial charge in [0.25, 0.3) is 0 Å². The zero-order chi connectivity index (χ0) is 13.0. The number of hydrogen-bond donors (Lipinski definition) is 1. The van der Waals surface area contributed by atoms with Gasteiger partial charge in [-0.2, -0.15) is 13.2 Å². The molecule has 3 rings (SSSR count). The first-order valence-electron chi connectivity index (χ1n) is 5.64. The number of fused-ring (bicyclic) bond motifs is 3. The van der Waals surface area contributed by atoms with Crippen molar-refractivity contribution in [2.24, 2.45) is 0 Å². The molecule has 0 amide bonds. The molecule has 1 fully saturated rings. The summed E-state index contributed by atoms with van der Waals surface area (Å²) >= 11 is 6.01. The molecule has 0 spiro atoms. The molecule has 1 aromatic rings. The molecule has 18 heavy (non-hydrogen) atoms. The van der Waals surface area contributed by atoms with Crippen molar-refractivity contribution in [2.45, 2.75) is 24.3 Å². The van der Waals surface area contributed by atoms with Gasteiger partial charge in [0.1, 0.15) is 0 Å². The quantitative estimate of drug-likeness (QED) is 0.787. The minimum atomic E-state index is -4.39. The Balaban J connectivity index is 2.13. The van der Waals surface area contributed by atoms with Gasteiger partial charge >= 0.3 is 6.18 Å². The first kappa shape index (κ1) is 12.3. The summed E-state index contributed by atoms with van der Waals surface area (Å²) in [7, 11) is 0. The number of rotatable bonds is 0. The Bertz CT molecular complexity index is 491. The topological polar surface area (TPSA) is 21.3 Å². The molecule has 0 aliphatic carbocycles. The highest BCUT2D eigenvalue weighted by Gasteiger charge is 2.64. The third-order valence-corrected chi connectivity index (χ3v) is 4.14. The summed E-state index contributed by atoms with van der Waals surface area (Å²) in [5.74, 6) is -0.722. The SMILES string of the molecule is FC(F)(F)[C@@]12CNC[C@@H]1c1cccc(Cl)c1CO2. The third-order valence-electron chi connectivity index (χ3n) is 3.78. The van der Waals surface area contributed by atoms with Crippen LogP contribution in [0.15, 0.2) is 18.2 Å². The Morgan fingerprint density at radius 3 is 2.89 bits per heavy atom. The number of benzene rings is 1. The Morgan fingerprint density at radius 1 is 1.39 bits per heavy atom. The Kier molecular flexibility index (Phi) is 2.63. The normalized spacial score (nSPS) is 31.0. The average molecular weight is 278 g/mol. The van der Waals surface area contributed by atoms with Gasteiger partial charge in [-0.25, -0.2) is 0 Å². The maximum atomic E-state index is 13.3. The molecular formula is C12H11ClF3NO. The zero-order valence-electron chi connectivity index (χ0n) is 9.35. The number of ether oxygens (including phenoxy) is 1. The van der Waals surface area contributed by atoms with Crippen LogP contribution in [0, 0.1) is 0 Å². The van der Waals surface area contributed by atoms with Crippen LogP contribution in [-0.2, 0) is 11.3 Å². The van der Waals surface area contributed by atoms with E-state index in [9.17, 15) is 13.2 Å². The minimum absolute atomic E-state index is 0.0906. The molecule has 1 N–H and O–H groups in total. The molecule has 2 aliphatic rings. The van der Waals surface area contributed by atoms with Gasteiger partial charge in [-0.15, -0.1) is 0 Å². The summed E-state index contributed by atoms with van der Waals surface area (Å²) in [6.45, 7) is -0.0351. The van der Waals surface area contributed by atoms with Crippen molar-refractivity contribution in [3.05, 3.63) is 34.3 Å². The fourth-order valence-corrected chi connectivity index (χ4v) is 3.07. The third kappa shape index (κ3) is 1.51. The summed E-state index contributed by atoms with van der Waals surface area (Å²) in [6.07, 6.45) is -4.39. The Hall–Kier alpha value is -0.780. The van der Waals surface area contributed by atoms with E-state index in [1.807, 2.05) is 0 Å². The van der Waals surface area contributed by atoms with Crippen molar-refractivity contribution in [1.82, 2.24) is 5.32 Å². The molecule has 0 radical (unpaired) electrons. The van der Waals surface area contributed by atoms with Crippen molar-refractivity contribution in [1.29, 1.82) is 0 Å². The van der Waals surface area contributed by atoms with Gasteiger partial charge in [0, 0.05) is 24.0 Å². The van der Waals surface area contributed by atoms with Crippen LogP contribution in [0.25, 0.3) is 0 Å². The van der Waals surface area contributed by atoms with E-state index in [0.717, 1.165) is 0 Å². The van der Waals surface area contributed by atoms with Crippen LogP contribution >= 0.6 is 11.6 Å². The van der Waals surface area contributed by atoms with E-state index in [1.54, 1.807) is 18.2 Å². The molecule has 2 nitrogen and oxygen atoms in total. The molecule has 0 bridgehead atoms.